The number of amides is 1. The molecule has 1 N–H and O–H groups in total. The molecule has 0 atom stereocenters. The Morgan fingerprint density at radius 1 is 1.21 bits per heavy atom. The lowest BCUT2D eigenvalue weighted by atomic mass is 9.97. The van der Waals surface area contributed by atoms with E-state index in [9.17, 15) is 13.2 Å². The molecule has 29 heavy (non-hydrogen) atoms. The molecule has 4 rings (SSSR count). The van der Waals surface area contributed by atoms with Crippen LogP contribution in [0.4, 0.5) is 5.13 Å². The van der Waals surface area contributed by atoms with E-state index in [4.69, 9.17) is 11.6 Å². The minimum absolute atomic E-state index is 0.102. The zero-order chi connectivity index (χ0) is 20.8. The van der Waals surface area contributed by atoms with Crippen molar-refractivity contribution in [1.82, 2.24) is 9.29 Å². The van der Waals surface area contributed by atoms with Crippen molar-refractivity contribution >= 4 is 65.6 Å². The Labute approximate surface area is 182 Å². The highest BCUT2D eigenvalue weighted by Gasteiger charge is 2.33. The van der Waals surface area contributed by atoms with Gasteiger partial charge in [-0.2, -0.15) is 4.31 Å². The van der Waals surface area contributed by atoms with Crippen LogP contribution in [0.5, 0.6) is 0 Å². The topological polar surface area (TPSA) is 79.4 Å². The van der Waals surface area contributed by atoms with Crippen LogP contribution in [0, 0.1) is 19.8 Å². The van der Waals surface area contributed by atoms with Crippen molar-refractivity contribution in [1.29, 1.82) is 0 Å². The third-order valence-electron chi connectivity index (χ3n) is 5.02. The van der Waals surface area contributed by atoms with Gasteiger partial charge in [0, 0.05) is 19.0 Å². The Morgan fingerprint density at radius 3 is 2.59 bits per heavy atom. The number of fused-ring (bicyclic) bond motifs is 1. The number of thiazole rings is 1. The largest absolute Gasteiger partial charge is 0.302 e. The fourth-order valence-electron chi connectivity index (χ4n) is 3.56. The van der Waals surface area contributed by atoms with Crippen LogP contribution in [-0.4, -0.2) is 36.7 Å². The van der Waals surface area contributed by atoms with Gasteiger partial charge in [0.05, 0.1) is 14.6 Å². The first kappa shape index (κ1) is 20.7. The lowest BCUT2D eigenvalue weighted by Crippen LogP contribution is -2.41. The first-order chi connectivity index (χ1) is 13.7. The summed E-state index contributed by atoms with van der Waals surface area (Å²) in [7, 11) is -3.55. The number of nitrogens with zero attached hydrogens (tertiary/aromatic N) is 2. The fraction of sp³-hybridized carbons (Fsp3) is 0.368. The molecule has 6 nitrogen and oxygen atoms in total. The molecule has 1 fully saturated rings. The summed E-state index contributed by atoms with van der Waals surface area (Å²) in [6.07, 6.45) is 0.959. The molecular formula is C19H20ClN3O3S3. The third kappa shape index (κ3) is 4.20. The smallest absolute Gasteiger partial charge is 0.252 e. The highest BCUT2D eigenvalue weighted by molar-refractivity contribution is 7.91. The minimum Gasteiger partial charge on any atom is -0.302 e. The maximum absolute atomic E-state index is 12.7. The number of piperidine rings is 1. The zero-order valence-electron chi connectivity index (χ0n) is 15.9. The molecule has 1 saturated heterocycles. The number of carbonyl (C=O) groups excluding carboxylic acids is 1. The number of anilines is 1. The standard InChI is InChI=1S/C19H20ClN3O3S3/c1-11-9-12(2)17-14(10-11)21-19(28-17)22-18(24)13-5-7-23(8-6-13)29(25,26)16-4-3-15(20)27-16/h3-4,9-10,13H,5-8H2,1-2H3,(H,21,22,24). The molecule has 0 unspecified atom stereocenters. The highest BCUT2D eigenvalue weighted by Crippen LogP contribution is 2.32. The molecule has 3 heterocycles. The number of nitrogens with one attached hydrogen (secondary N) is 1. The first-order valence-electron chi connectivity index (χ1n) is 9.18. The van der Waals surface area contributed by atoms with Gasteiger partial charge in [0.15, 0.2) is 5.13 Å². The van der Waals surface area contributed by atoms with Gasteiger partial charge in [-0.25, -0.2) is 13.4 Å². The molecule has 1 aliphatic heterocycles. The number of halogens is 1. The Hall–Kier alpha value is -1.52. The maximum Gasteiger partial charge on any atom is 0.252 e. The monoisotopic (exact) mass is 469 g/mol. The molecular weight excluding hydrogens is 450 g/mol. The van der Waals surface area contributed by atoms with E-state index in [1.165, 1.54) is 21.7 Å². The van der Waals surface area contributed by atoms with E-state index in [1.807, 2.05) is 19.9 Å². The van der Waals surface area contributed by atoms with Gasteiger partial charge < -0.3 is 5.32 Å². The summed E-state index contributed by atoms with van der Waals surface area (Å²) in [6.45, 7) is 4.69. The second-order valence-electron chi connectivity index (χ2n) is 7.18. The lowest BCUT2D eigenvalue weighted by molar-refractivity contribution is -0.120. The van der Waals surface area contributed by atoms with Crippen LogP contribution in [0.2, 0.25) is 4.34 Å². The molecule has 0 aliphatic carbocycles. The van der Waals surface area contributed by atoms with E-state index in [1.54, 1.807) is 6.07 Å². The molecule has 1 aromatic carbocycles. The van der Waals surface area contributed by atoms with Crippen LogP contribution in [0.3, 0.4) is 0 Å². The third-order valence-corrected chi connectivity index (χ3v) is 9.74. The summed E-state index contributed by atoms with van der Waals surface area (Å²) in [5, 5.41) is 3.51. The second kappa shape index (κ2) is 7.96. The van der Waals surface area contributed by atoms with Gasteiger partial charge in [0.25, 0.3) is 10.0 Å². The van der Waals surface area contributed by atoms with Gasteiger partial charge >= 0.3 is 0 Å². The molecule has 0 radical (unpaired) electrons. The Kier molecular flexibility index (Phi) is 5.69. The van der Waals surface area contributed by atoms with Crippen LogP contribution in [-0.2, 0) is 14.8 Å². The summed E-state index contributed by atoms with van der Waals surface area (Å²) in [5.74, 6) is -0.335. The number of hydrogen-bond acceptors (Lipinski definition) is 6. The van der Waals surface area contributed by atoms with E-state index < -0.39 is 10.0 Å². The van der Waals surface area contributed by atoms with E-state index >= 15 is 0 Å². The summed E-state index contributed by atoms with van der Waals surface area (Å²) in [5.41, 5.74) is 3.17. The van der Waals surface area contributed by atoms with E-state index in [-0.39, 0.29) is 16.0 Å². The Morgan fingerprint density at radius 2 is 1.93 bits per heavy atom. The van der Waals surface area contributed by atoms with Crippen LogP contribution >= 0.6 is 34.3 Å². The summed E-state index contributed by atoms with van der Waals surface area (Å²) in [6, 6.07) is 7.22. The average molecular weight is 470 g/mol. The molecule has 0 spiro atoms. The van der Waals surface area contributed by atoms with Crippen molar-refractivity contribution in [3.05, 3.63) is 39.7 Å². The van der Waals surface area contributed by atoms with E-state index in [0.717, 1.165) is 32.7 Å². The number of carbonyl (C=O) groups is 1. The number of hydrogen-bond donors (Lipinski definition) is 1. The van der Waals surface area contributed by atoms with Crippen LogP contribution in [0.25, 0.3) is 10.2 Å². The van der Waals surface area contributed by atoms with E-state index in [0.29, 0.717) is 35.4 Å². The van der Waals surface area contributed by atoms with Crippen molar-refractivity contribution in [2.45, 2.75) is 30.9 Å². The Balaban J connectivity index is 1.41. The van der Waals surface area contributed by atoms with Gasteiger partial charge in [-0.05, 0) is 56.0 Å². The molecule has 0 bridgehead atoms. The van der Waals surface area contributed by atoms with Crippen molar-refractivity contribution < 1.29 is 13.2 Å². The number of rotatable bonds is 4. The quantitative estimate of drug-likeness (QED) is 0.602. The molecule has 10 heteroatoms. The SMILES string of the molecule is Cc1cc(C)c2sc(NC(=O)C3CCN(S(=O)(=O)c4ccc(Cl)s4)CC3)nc2c1. The summed E-state index contributed by atoms with van der Waals surface area (Å²) >= 11 is 8.39. The predicted octanol–water partition coefficient (Wildman–Crippen LogP) is 4.67. The van der Waals surface area contributed by atoms with Crippen molar-refractivity contribution in [3.63, 3.8) is 0 Å². The molecule has 1 amide bonds. The number of aryl methyl sites for hydroxylation is 2. The highest BCUT2D eigenvalue weighted by atomic mass is 35.5. The van der Waals surface area contributed by atoms with Crippen LogP contribution < -0.4 is 5.32 Å². The van der Waals surface area contributed by atoms with Gasteiger partial charge in [-0.1, -0.05) is 29.0 Å². The molecule has 0 saturated carbocycles. The number of benzene rings is 1. The normalized spacial score (nSPS) is 16.4. The van der Waals surface area contributed by atoms with E-state index in [2.05, 4.69) is 16.4 Å². The molecule has 154 valence electrons. The van der Waals surface area contributed by atoms with Gasteiger partial charge in [0.1, 0.15) is 4.21 Å². The Bertz CT molecular complexity index is 1180. The molecule has 1 aliphatic rings. The summed E-state index contributed by atoms with van der Waals surface area (Å²) in [4.78, 5) is 17.2. The zero-order valence-corrected chi connectivity index (χ0v) is 19.1. The number of aromatic nitrogens is 1. The maximum atomic E-state index is 12.7. The predicted molar refractivity (Wildman–Crippen MR) is 119 cm³/mol. The van der Waals surface area contributed by atoms with Crippen molar-refractivity contribution in [2.24, 2.45) is 5.92 Å². The van der Waals surface area contributed by atoms with Crippen molar-refractivity contribution in [2.75, 3.05) is 18.4 Å². The fourth-order valence-corrected chi connectivity index (χ4v) is 7.58. The second-order valence-corrected chi connectivity index (χ2v) is 12.1. The molecule has 3 aromatic rings. The number of sulfonamides is 1. The first-order valence-corrected chi connectivity index (χ1v) is 12.6. The minimum atomic E-state index is -3.55. The van der Waals surface area contributed by atoms with Crippen molar-refractivity contribution in [3.8, 4) is 0 Å². The number of thiophene rings is 1. The lowest BCUT2D eigenvalue weighted by Gasteiger charge is -2.29. The molecule has 2 aromatic heterocycles. The van der Waals surface area contributed by atoms with Crippen LogP contribution in [0.1, 0.15) is 24.0 Å². The average Bonchev–Trinajstić information content (AvgIpc) is 3.28. The van der Waals surface area contributed by atoms with Gasteiger partial charge in [0.2, 0.25) is 5.91 Å². The van der Waals surface area contributed by atoms with Crippen LogP contribution in [0.15, 0.2) is 28.5 Å². The summed E-state index contributed by atoms with van der Waals surface area (Å²) < 4.78 is 28.6. The van der Waals surface area contributed by atoms with Gasteiger partial charge in [-0.3, -0.25) is 4.79 Å². The van der Waals surface area contributed by atoms with Gasteiger partial charge in [-0.15, -0.1) is 11.3 Å².